The summed E-state index contributed by atoms with van der Waals surface area (Å²) >= 11 is 0. The summed E-state index contributed by atoms with van der Waals surface area (Å²) in [6, 6.07) is 15.5. The third-order valence-electron chi connectivity index (χ3n) is 4.33. The Kier molecular flexibility index (Phi) is 3.34. The molecule has 0 saturated carbocycles. The highest BCUT2D eigenvalue weighted by molar-refractivity contribution is 6.08. The van der Waals surface area contributed by atoms with E-state index in [1.165, 1.54) is 0 Å². The molecule has 0 saturated heterocycles. The maximum atomic E-state index is 13.1. The first-order valence-corrected chi connectivity index (χ1v) is 7.89. The Labute approximate surface area is 140 Å². The molecule has 120 valence electrons. The van der Waals surface area contributed by atoms with Crippen molar-refractivity contribution in [2.45, 2.75) is 13.5 Å². The molecule has 0 radical (unpaired) electrons. The molecule has 1 aliphatic rings. The molecule has 1 N–H and O–H groups in total. The molecule has 0 spiro atoms. The third kappa shape index (κ3) is 2.34. The monoisotopic (exact) mass is 318 g/mol. The number of benzene rings is 2. The van der Waals surface area contributed by atoms with Crippen molar-refractivity contribution in [3.63, 3.8) is 0 Å². The Morgan fingerprint density at radius 1 is 1.12 bits per heavy atom. The first kappa shape index (κ1) is 14.5. The first-order chi connectivity index (χ1) is 11.6. The predicted molar refractivity (Wildman–Crippen MR) is 94.6 cm³/mol. The van der Waals surface area contributed by atoms with Crippen LogP contribution in [-0.2, 0) is 13.6 Å². The van der Waals surface area contributed by atoms with Crippen LogP contribution in [0.25, 0.3) is 0 Å². The molecule has 0 fully saturated rings. The molecule has 4 rings (SSSR count). The molecule has 5 heteroatoms. The lowest BCUT2D eigenvalue weighted by molar-refractivity contribution is 0.0985. The van der Waals surface area contributed by atoms with Gasteiger partial charge in [-0.05, 0) is 31.2 Å². The minimum Gasteiger partial charge on any atom is -0.338 e. The van der Waals surface area contributed by atoms with E-state index in [0.29, 0.717) is 12.1 Å². The van der Waals surface area contributed by atoms with Crippen LogP contribution in [0.3, 0.4) is 0 Å². The first-order valence-electron chi connectivity index (χ1n) is 7.89. The van der Waals surface area contributed by atoms with Crippen molar-refractivity contribution in [3.8, 4) is 0 Å². The van der Waals surface area contributed by atoms with Gasteiger partial charge in [0.25, 0.3) is 5.91 Å². The summed E-state index contributed by atoms with van der Waals surface area (Å²) in [5.41, 5.74) is 4.59. The molecule has 1 aliphatic heterocycles. The Bertz CT molecular complexity index is 911. The number of nitrogens with zero attached hydrogens (tertiary/aromatic N) is 3. The molecule has 2 heterocycles. The Morgan fingerprint density at radius 2 is 1.88 bits per heavy atom. The number of amides is 1. The summed E-state index contributed by atoms with van der Waals surface area (Å²) in [5.74, 6) is 0.905. The Morgan fingerprint density at radius 3 is 2.67 bits per heavy atom. The van der Waals surface area contributed by atoms with Gasteiger partial charge in [0.1, 0.15) is 5.82 Å². The predicted octanol–water partition coefficient (Wildman–Crippen LogP) is 3.63. The zero-order valence-corrected chi connectivity index (χ0v) is 13.7. The molecular formula is C19H18N4O. The van der Waals surface area contributed by atoms with E-state index in [1.54, 1.807) is 9.58 Å². The van der Waals surface area contributed by atoms with E-state index in [0.717, 1.165) is 28.3 Å². The van der Waals surface area contributed by atoms with E-state index in [-0.39, 0.29) is 5.91 Å². The molecule has 24 heavy (non-hydrogen) atoms. The highest BCUT2D eigenvalue weighted by Gasteiger charge is 2.26. The number of nitrogens with one attached hydrogen (secondary N) is 1. The van der Waals surface area contributed by atoms with E-state index in [4.69, 9.17) is 0 Å². The van der Waals surface area contributed by atoms with Crippen LogP contribution in [0.5, 0.6) is 0 Å². The quantitative estimate of drug-likeness (QED) is 0.745. The smallest absolute Gasteiger partial charge is 0.258 e. The highest BCUT2D eigenvalue weighted by Crippen LogP contribution is 2.36. The largest absolute Gasteiger partial charge is 0.338 e. The second kappa shape index (κ2) is 5.53. The Balaban J connectivity index is 1.81. The standard InChI is InChI=1S/C19H18N4O/c1-13-7-9-14(10-8-13)19(24)23-12-15-11-20-22(2)18(15)21-16-5-3-4-6-17(16)23/h3-11,21H,12H2,1-2H3. The van der Waals surface area contributed by atoms with Crippen molar-refractivity contribution in [1.82, 2.24) is 9.78 Å². The summed E-state index contributed by atoms with van der Waals surface area (Å²) in [6.45, 7) is 2.50. The van der Waals surface area contributed by atoms with Gasteiger partial charge in [0.05, 0.1) is 24.1 Å². The van der Waals surface area contributed by atoms with Crippen molar-refractivity contribution >= 4 is 23.1 Å². The molecule has 0 bridgehead atoms. The summed E-state index contributed by atoms with van der Waals surface area (Å²) < 4.78 is 1.80. The van der Waals surface area contributed by atoms with Crippen molar-refractivity contribution in [1.29, 1.82) is 0 Å². The SMILES string of the molecule is Cc1ccc(C(=O)N2Cc3cnn(C)c3Nc3ccccc32)cc1. The van der Waals surface area contributed by atoms with Crippen LogP contribution in [0.1, 0.15) is 21.5 Å². The second-order valence-electron chi connectivity index (χ2n) is 6.04. The number of rotatable bonds is 1. The number of hydrogen-bond acceptors (Lipinski definition) is 3. The number of aromatic nitrogens is 2. The van der Waals surface area contributed by atoms with Crippen LogP contribution in [0.2, 0.25) is 0 Å². The molecule has 1 amide bonds. The number of carbonyl (C=O) groups is 1. The minimum atomic E-state index is -0.0130. The van der Waals surface area contributed by atoms with Gasteiger partial charge in [-0.3, -0.25) is 9.48 Å². The van der Waals surface area contributed by atoms with E-state index in [9.17, 15) is 4.79 Å². The average Bonchev–Trinajstić information content (AvgIpc) is 2.85. The lowest BCUT2D eigenvalue weighted by atomic mass is 10.1. The molecule has 0 atom stereocenters. The van der Waals surface area contributed by atoms with Gasteiger partial charge < -0.3 is 10.2 Å². The van der Waals surface area contributed by atoms with Gasteiger partial charge in [0.2, 0.25) is 0 Å². The summed E-state index contributed by atoms with van der Waals surface area (Å²) in [5, 5.41) is 7.71. The van der Waals surface area contributed by atoms with Crippen LogP contribution in [-0.4, -0.2) is 15.7 Å². The lowest BCUT2D eigenvalue weighted by Crippen LogP contribution is -2.29. The molecule has 0 unspecified atom stereocenters. The summed E-state index contributed by atoms with van der Waals surface area (Å²) in [6.07, 6.45) is 1.81. The van der Waals surface area contributed by atoms with Crippen molar-refractivity contribution in [3.05, 3.63) is 71.4 Å². The summed E-state index contributed by atoms with van der Waals surface area (Å²) in [7, 11) is 1.89. The minimum absolute atomic E-state index is 0.0130. The third-order valence-corrected chi connectivity index (χ3v) is 4.33. The van der Waals surface area contributed by atoms with Gasteiger partial charge >= 0.3 is 0 Å². The van der Waals surface area contributed by atoms with Crippen molar-refractivity contribution < 1.29 is 4.79 Å². The molecule has 5 nitrogen and oxygen atoms in total. The van der Waals surface area contributed by atoms with E-state index < -0.39 is 0 Å². The number of anilines is 3. The van der Waals surface area contributed by atoms with Gasteiger partial charge in [0, 0.05) is 18.2 Å². The van der Waals surface area contributed by atoms with Crippen LogP contribution in [0.4, 0.5) is 17.2 Å². The average molecular weight is 318 g/mol. The molecule has 1 aromatic heterocycles. The topological polar surface area (TPSA) is 50.2 Å². The fraction of sp³-hybridized carbons (Fsp3) is 0.158. The number of para-hydroxylation sites is 2. The number of aryl methyl sites for hydroxylation is 2. The van der Waals surface area contributed by atoms with Gasteiger partial charge in [0.15, 0.2) is 0 Å². The zero-order chi connectivity index (χ0) is 16.7. The number of carbonyl (C=O) groups excluding carboxylic acids is 1. The van der Waals surface area contributed by atoms with E-state index >= 15 is 0 Å². The van der Waals surface area contributed by atoms with Crippen molar-refractivity contribution in [2.24, 2.45) is 7.05 Å². The van der Waals surface area contributed by atoms with Crippen molar-refractivity contribution in [2.75, 3.05) is 10.2 Å². The number of hydrogen-bond donors (Lipinski definition) is 1. The van der Waals surface area contributed by atoms with Gasteiger partial charge in [-0.1, -0.05) is 29.8 Å². The van der Waals surface area contributed by atoms with Gasteiger partial charge in [-0.2, -0.15) is 5.10 Å². The fourth-order valence-corrected chi connectivity index (χ4v) is 2.99. The maximum absolute atomic E-state index is 13.1. The normalized spacial score (nSPS) is 12.8. The zero-order valence-electron chi connectivity index (χ0n) is 13.7. The molecule has 3 aromatic rings. The van der Waals surface area contributed by atoms with Crippen LogP contribution in [0, 0.1) is 6.92 Å². The van der Waals surface area contributed by atoms with E-state index in [2.05, 4.69) is 10.4 Å². The number of fused-ring (bicyclic) bond motifs is 2. The Hall–Kier alpha value is -3.08. The van der Waals surface area contributed by atoms with E-state index in [1.807, 2.05) is 68.7 Å². The van der Waals surface area contributed by atoms with Crippen LogP contribution in [0.15, 0.2) is 54.7 Å². The lowest BCUT2D eigenvalue weighted by Gasteiger charge is -2.22. The maximum Gasteiger partial charge on any atom is 0.258 e. The van der Waals surface area contributed by atoms with Crippen LogP contribution >= 0.6 is 0 Å². The van der Waals surface area contributed by atoms with Crippen LogP contribution < -0.4 is 10.2 Å². The second-order valence-corrected chi connectivity index (χ2v) is 6.04. The van der Waals surface area contributed by atoms with Gasteiger partial charge in [-0.15, -0.1) is 0 Å². The van der Waals surface area contributed by atoms with Gasteiger partial charge in [-0.25, -0.2) is 0 Å². The summed E-state index contributed by atoms with van der Waals surface area (Å²) in [4.78, 5) is 14.9. The molecule has 2 aromatic carbocycles. The fourth-order valence-electron chi connectivity index (χ4n) is 2.99. The highest BCUT2D eigenvalue weighted by atomic mass is 16.2. The molecule has 0 aliphatic carbocycles. The molecular weight excluding hydrogens is 300 g/mol.